The van der Waals surface area contributed by atoms with Gasteiger partial charge in [-0.2, -0.15) is 0 Å². The SMILES string of the molecule is O=C(CCC(=O)N(CCc1ccccn1)Cc1ccccc1)c1ccc(Cl)cc1. The summed E-state index contributed by atoms with van der Waals surface area (Å²) in [6.07, 6.45) is 2.78. The van der Waals surface area contributed by atoms with Gasteiger partial charge >= 0.3 is 0 Å². The lowest BCUT2D eigenvalue weighted by atomic mass is 10.1. The second-order valence-corrected chi connectivity index (χ2v) is 7.24. The van der Waals surface area contributed by atoms with E-state index in [2.05, 4.69) is 4.98 Å². The summed E-state index contributed by atoms with van der Waals surface area (Å²) in [6.45, 7) is 1.07. The first-order chi connectivity index (χ1) is 14.1. The lowest BCUT2D eigenvalue weighted by Crippen LogP contribution is -2.32. The number of pyridine rings is 1. The average Bonchev–Trinajstić information content (AvgIpc) is 2.76. The van der Waals surface area contributed by atoms with E-state index >= 15 is 0 Å². The summed E-state index contributed by atoms with van der Waals surface area (Å²) in [6, 6.07) is 22.4. The maximum absolute atomic E-state index is 12.9. The molecule has 0 saturated carbocycles. The van der Waals surface area contributed by atoms with E-state index in [1.54, 1.807) is 35.4 Å². The van der Waals surface area contributed by atoms with Gasteiger partial charge in [0.2, 0.25) is 5.91 Å². The molecule has 0 unspecified atom stereocenters. The molecule has 1 aromatic heterocycles. The second-order valence-electron chi connectivity index (χ2n) is 6.80. The summed E-state index contributed by atoms with van der Waals surface area (Å²) >= 11 is 5.87. The highest BCUT2D eigenvalue weighted by atomic mass is 35.5. The molecule has 3 aromatic rings. The molecular formula is C24H23ClN2O2. The molecule has 0 aliphatic rings. The number of Topliss-reactive ketones (excluding diaryl/α,β-unsaturated/α-hetero) is 1. The van der Waals surface area contributed by atoms with Crippen LogP contribution in [-0.2, 0) is 17.8 Å². The van der Waals surface area contributed by atoms with E-state index in [-0.39, 0.29) is 24.5 Å². The Morgan fingerprint density at radius 2 is 1.59 bits per heavy atom. The van der Waals surface area contributed by atoms with Crippen molar-refractivity contribution >= 4 is 23.3 Å². The van der Waals surface area contributed by atoms with Crippen LogP contribution >= 0.6 is 11.6 Å². The van der Waals surface area contributed by atoms with Crippen LogP contribution in [0.15, 0.2) is 79.0 Å². The van der Waals surface area contributed by atoms with Crippen LogP contribution in [0.3, 0.4) is 0 Å². The monoisotopic (exact) mass is 406 g/mol. The van der Waals surface area contributed by atoms with Crippen LogP contribution < -0.4 is 0 Å². The Hall–Kier alpha value is -2.98. The Bertz CT molecular complexity index is 928. The van der Waals surface area contributed by atoms with Gasteiger partial charge in [0.1, 0.15) is 0 Å². The number of halogens is 1. The number of aromatic nitrogens is 1. The molecule has 0 saturated heterocycles. The van der Waals surface area contributed by atoms with Gasteiger partial charge < -0.3 is 4.90 Å². The fraction of sp³-hybridized carbons (Fsp3) is 0.208. The molecule has 0 aliphatic carbocycles. The molecular weight excluding hydrogens is 384 g/mol. The Balaban J connectivity index is 1.62. The molecule has 1 amide bonds. The van der Waals surface area contributed by atoms with E-state index in [1.807, 2.05) is 48.5 Å². The van der Waals surface area contributed by atoms with Gasteiger partial charge in [0.15, 0.2) is 5.78 Å². The predicted molar refractivity (Wildman–Crippen MR) is 115 cm³/mol. The normalized spacial score (nSPS) is 10.5. The largest absolute Gasteiger partial charge is 0.338 e. The highest BCUT2D eigenvalue weighted by Crippen LogP contribution is 2.14. The molecule has 0 radical (unpaired) electrons. The third-order valence-electron chi connectivity index (χ3n) is 4.67. The van der Waals surface area contributed by atoms with Crippen LogP contribution in [0.4, 0.5) is 0 Å². The van der Waals surface area contributed by atoms with E-state index in [1.165, 1.54) is 0 Å². The molecule has 0 fully saturated rings. The maximum Gasteiger partial charge on any atom is 0.223 e. The van der Waals surface area contributed by atoms with Gasteiger partial charge in [-0.1, -0.05) is 48.0 Å². The first-order valence-electron chi connectivity index (χ1n) is 9.62. The zero-order valence-electron chi connectivity index (χ0n) is 16.1. The van der Waals surface area contributed by atoms with Gasteiger partial charge in [-0.3, -0.25) is 14.6 Å². The number of carbonyl (C=O) groups excluding carboxylic acids is 2. The van der Waals surface area contributed by atoms with Crippen molar-refractivity contribution in [2.45, 2.75) is 25.8 Å². The second kappa shape index (κ2) is 10.5. The van der Waals surface area contributed by atoms with E-state index in [9.17, 15) is 9.59 Å². The Morgan fingerprint density at radius 1 is 0.862 bits per heavy atom. The quantitative estimate of drug-likeness (QED) is 0.471. The van der Waals surface area contributed by atoms with E-state index in [0.29, 0.717) is 30.1 Å². The number of hydrogen-bond acceptors (Lipinski definition) is 3. The van der Waals surface area contributed by atoms with Crippen LogP contribution in [0.5, 0.6) is 0 Å². The van der Waals surface area contributed by atoms with Crippen molar-refractivity contribution in [1.29, 1.82) is 0 Å². The topological polar surface area (TPSA) is 50.3 Å². The number of benzene rings is 2. The summed E-state index contributed by atoms with van der Waals surface area (Å²) in [7, 11) is 0. The first kappa shape index (κ1) is 20.7. The molecule has 0 N–H and O–H groups in total. The smallest absolute Gasteiger partial charge is 0.223 e. The predicted octanol–water partition coefficient (Wildman–Crippen LogP) is 4.97. The summed E-state index contributed by atoms with van der Waals surface area (Å²) < 4.78 is 0. The zero-order chi connectivity index (χ0) is 20.5. The molecule has 29 heavy (non-hydrogen) atoms. The molecule has 4 nitrogen and oxygen atoms in total. The van der Waals surface area contributed by atoms with Crippen molar-refractivity contribution in [2.24, 2.45) is 0 Å². The van der Waals surface area contributed by atoms with Gasteiger partial charge in [0.25, 0.3) is 0 Å². The Labute approximate surface area is 176 Å². The lowest BCUT2D eigenvalue weighted by molar-refractivity contribution is -0.131. The molecule has 5 heteroatoms. The third-order valence-corrected chi connectivity index (χ3v) is 4.92. The van der Waals surface area contributed by atoms with Gasteiger partial charge in [0, 0.05) is 54.8 Å². The van der Waals surface area contributed by atoms with Gasteiger partial charge in [0.05, 0.1) is 0 Å². The number of amides is 1. The molecule has 148 valence electrons. The molecule has 2 aromatic carbocycles. The van der Waals surface area contributed by atoms with Gasteiger partial charge in [-0.15, -0.1) is 0 Å². The van der Waals surface area contributed by atoms with E-state index < -0.39 is 0 Å². The molecule has 3 rings (SSSR count). The number of carbonyl (C=O) groups is 2. The Morgan fingerprint density at radius 3 is 2.28 bits per heavy atom. The minimum absolute atomic E-state index is 0.0351. The van der Waals surface area contributed by atoms with Crippen molar-refractivity contribution in [3.05, 3.63) is 101 Å². The summed E-state index contributed by atoms with van der Waals surface area (Å²) in [5.74, 6) is -0.0912. The molecule has 0 spiro atoms. The third kappa shape index (κ3) is 6.54. The minimum atomic E-state index is -0.0561. The highest BCUT2D eigenvalue weighted by Gasteiger charge is 2.16. The van der Waals surface area contributed by atoms with Crippen LogP contribution in [0.25, 0.3) is 0 Å². The van der Waals surface area contributed by atoms with Crippen LogP contribution in [0, 0.1) is 0 Å². The molecule has 0 bridgehead atoms. The van der Waals surface area contributed by atoms with Crippen LogP contribution in [-0.4, -0.2) is 28.1 Å². The number of hydrogen-bond donors (Lipinski definition) is 0. The molecule has 0 atom stereocenters. The highest BCUT2D eigenvalue weighted by molar-refractivity contribution is 6.30. The minimum Gasteiger partial charge on any atom is -0.338 e. The summed E-state index contributed by atoms with van der Waals surface area (Å²) in [4.78, 5) is 31.4. The van der Waals surface area contributed by atoms with Crippen molar-refractivity contribution in [1.82, 2.24) is 9.88 Å². The van der Waals surface area contributed by atoms with Crippen molar-refractivity contribution in [2.75, 3.05) is 6.54 Å². The number of rotatable bonds is 9. The molecule has 0 aliphatic heterocycles. The summed E-state index contributed by atoms with van der Waals surface area (Å²) in [5.41, 5.74) is 2.58. The Kier molecular flexibility index (Phi) is 7.54. The van der Waals surface area contributed by atoms with Crippen LogP contribution in [0.2, 0.25) is 5.02 Å². The average molecular weight is 407 g/mol. The fourth-order valence-corrected chi connectivity index (χ4v) is 3.18. The first-order valence-corrected chi connectivity index (χ1v) is 10.00. The van der Waals surface area contributed by atoms with E-state index in [4.69, 9.17) is 11.6 Å². The molecule has 1 heterocycles. The van der Waals surface area contributed by atoms with Gasteiger partial charge in [-0.05, 0) is 42.0 Å². The van der Waals surface area contributed by atoms with Crippen LogP contribution in [0.1, 0.15) is 34.5 Å². The standard InChI is InChI=1S/C24H23ClN2O2/c25-21-11-9-20(10-12-21)23(28)13-14-24(29)27(18-19-6-2-1-3-7-19)17-15-22-8-4-5-16-26-22/h1-12,16H,13-15,17-18H2. The van der Waals surface area contributed by atoms with E-state index in [0.717, 1.165) is 11.3 Å². The maximum atomic E-state index is 12.9. The lowest BCUT2D eigenvalue weighted by Gasteiger charge is -2.23. The van der Waals surface area contributed by atoms with Crippen molar-refractivity contribution < 1.29 is 9.59 Å². The number of ketones is 1. The fourth-order valence-electron chi connectivity index (χ4n) is 3.05. The van der Waals surface area contributed by atoms with Gasteiger partial charge in [-0.25, -0.2) is 0 Å². The summed E-state index contributed by atoms with van der Waals surface area (Å²) in [5, 5.41) is 0.584. The van der Waals surface area contributed by atoms with Crippen molar-refractivity contribution in [3.8, 4) is 0 Å². The number of nitrogens with zero attached hydrogens (tertiary/aromatic N) is 2. The zero-order valence-corrected chi connectivity index (χ0v) is 16.9. The van der Waals surface area contributed by atoms with Crippen molar-refractivity contribution in [3.63, 3.8) is 0 Å².